The second kappa shape index (κ2) is 8.75. The predicted molar refractivity (Wildman–Crippen MR) is 121 cm³/mol. The molecule has 0 aliphatic carbocycles. The zero-order chi connectivity index (χ0) is 22.0. The number of carbonyl (C=O) groups is 1. The van der Waals surface area contributed by atoms with E-state index in [1.165, 1.54) is 0 Å². The molecule has 4 rings (SSSR count). The van der Waals surface area contributed by atoms with Crippen LogP contribution in [0.25, 0.3) is 22.4 Å². The molecule has 2 N–H and O–H groups in total. The molecule has 0 bridgehead atoms. The van der Waals surface area contributed by atoms with Gasteiger partial charge < -0.3 is 20.5 Å². The second-order valence-corrected chi connectivity index (χ2v) is 7.52. The number of amides is 1. The largest absolute Gasteiger partial charge is 0.530 e. The standard InChI is InChI=1S/C22H17Cl2N5O2/c1-2-16-19(12-3-5-13(23)6-4-12)29-21-20(26-16)17(11-18(27-21)28-22(30)31)25-15-9-7-14(24)8-10-15/h3-11H,2H2,1H3,(H,30,31)(H2,25,27,28,29)/p-1. The van der Waals surface area contributed by atoms with E-state index in [2.05, 4.69) is 15.6 Å². The number of nitrogens with one attached hydrogen (secondary N) is 2. The van der Waals surface area contributed by atoms with E-state index in [0.717, 1.165) is 16.9 Å². The monoisotopic (exact) mass is 452 g/mol. The molecule has 0 aliphatic rings. The van der Waals surface area contributed by atoms with E-state index in [9.17, 15) is 9.90 Å². The maximum Gasteiger partial charge on any atom is 0.183 e. The third kappa shape index (κ3) is 4.68. The van der Waals surface area contributed by atoms with E-state index >= 15 is 0 Å². The van der Waals surface area contributed by atoms with Crippen molar-refractivity contribution in [3.05, 3.63) is 70.3 Å². The van der Waals surface area contributed by atoms with Crippen LogP contribution in [0.5, 0.6) is 0 Å². The highest BCUT2D eigenvalue weighted by molar-refractivity contribution is 6.30. The molecule has 9 heteroatoms. The zero-order valence-corrected chi connectivity index (χ0v) is 17.8. The number of carbonyl (C=O) groups excluding carboxylic acids is 1. The number of hydrogen-bond donors (Lipinski definition) is 2. The SMILES string of the molecule is CCc1nc2c(Nc3ccc(Cl)cc3)cc(NC(=O)[O-])nc2nc1-c1ccc(Cl)cc1. The van der Waals surface area contributed by atoms with Crippen LogP contribution in [0, 0.1) is 0 Å². The van der Waals surface area contributed by atoms with E-state index < -0.39 is 6.09 Å². The number of aryl methyl sites for hydroxylation is 1. The van der Waals surface area contributed by atoms with Gasteiger partial charge in [0.15, 0.2) is 5.65 Å². The highest BCUT2D eigenvalue weighted by Gasteiger charge is 2.15. The smallest absolute Gasteiger partial charge is 0.183 e. The van der Waals surface area contributed by atoms with Crippen molar-refractivity contribution < 1.29 is 9.90 Å². The van der Waals surface area contributed by atoms with Crippen molar-refractivity contribution in [1.29, 1.82) is 0 Å². The summed E-state index contributed by atoms with van der Waals surface area (Å²) in [5, 5.41) is 17.7. The summed E-state index contributed by atoms with van der Waals surface area (Å²) >= 11 is 12.0. The first-order valence-electron chi connectivity index (χ1n) is 9.41. The Labute approximate surface area is 188 Å². The molecule has 2 aromatic carbocycles. The molecule has 0 unspecified atom stereocenters. The predicted octanol–water partition coefficient (Wildman–Crippen LogP) is 5.06. The molecule has 7 nitrogen and oxygen atoms in total. The molecule has 0 radical (unpaired) electrons. The fraction of sp³-hybridized carbons (Fsp3) is 0.0909. The molecule has 0 saturated heterocycles. The van der Waals surface area contributed by atoms with Crippen molar-refractivity contribution in [2.75, 3.05) is 10.6 Å². The summed E-state index contributed by atoms with van der Waals surface area (Å²) in [6.45, 7) is 1.99. The van der Waals surface area contributed by atoms with Gasteiger partial charge in [0.1, 0.15) is 17.4 Å². The number of nitrogens with zero attached hydrogens (tertiary/aromatic N) is 3. The molecular weight excluding hydrogens is 437 g/mol. The van der Waals surface area contributed by atoms with E-state index in [4.69, 9.17) is 33.2 Å². The van der Waals surface area contributed by atoms with Gasteiger partial charge in [0.25, 0.3) is 0 Å². The van der Waals surface area contributed by atoms with Crippen LogP contribution >= 0.6 is 23.2 Å². The first-order valence-corrected chi connectivity index (χ1v) is 10.2. The number of anilines is 3. The lowest BCUT2D eigenvalue weighted by Gasteiger charge is -2.15. The molecule has 2 heterocycles. The third-order valence-corrected chi connectivity index (χ3v) is 5.02. The minimum absolute atomic E-state index is 0.0737. The summed E-state index contributed by atoms with van der Waals surface area (Å²) in [7, 11) is 0. The number of rotatable bonds is 5. The zero-order valence-electron chi connectivity index (χ0n) is 16.3. The first kappa shape index (κ1) is 20.8. The molecule has 1 amide bonds. The van der Waals surface area contributed by atoms with Gasteiger partial charge in [-0.2, -0.15) is 0 Å². The van der Waals surface area contributed by atoms with E-state index in [-0.39, 0.29) is 11.5 Å². The number of halogens is 2. The van der Waals surface area contributed by atoms with Gasteiger partial charge >= 0.3 is 0 Å². The van der Waals surface area contributed by atoms with Crippen molar-refractivity contribution in [3.8, 4) is 11.3 Å². The molecule has 156 valence electrons. The van der Waals surface area contributed by atoms with Crippen molar-refractivity contribution in [3.63, 3.8) is 0 Å². The molecule has 0 fully saturated rings. The van der Waals surface area contributed by atoms with Gasteiger partial charge in [-0.15, -0.1) is 0 Å². The Hall–Kier alpha value is -3.42. The van der Waals surface area contributed by atoms with Gasteiger partial charge in [-0.25, -0.2) is 15.0 Å². The maximum atomic E-state index is 11.1. The van der Waals surface area contributed by atoms with Crippen molar-refractivity contribution in [2.24, 2.45) is 0 Å². The molecule has 2 aromatic heterocycles. The molecular formula is C22H16Cl2N5O2-. The average Bonchev–Trinajstić information content (AvgIpc) is 2.74. The Bertz CT molecular complexity index is 1260. The van der Waals surface area contributed by atoms with Crippen LogP contribution in [0.1, 0.15) is 12.6 Å². The Balaban J connectivity index is 1.89. The van der Waals surface area contributed by atoms with Crippen molar-refractivity contribution >= 4 is 57.7 Å². The Kier molecular flexibility index (Phi) is 5.88. The average molecular weight is 453 g/mol. The summed E-state index contributed by atoms with van der Waals surface area (Å²) in [5.74, 6) is 0.0737. The normalized spacial score (nSPS) is 10.8. The van der Waals surface area contributed by atoms with Crippen LogP contribution in [0.2, 0.25) is 10.0 Å². The number of pyridine rings is 1. The van der Waals surface area contributed by atoms with Gasteiger partial charge in [-0.1, -0.05) is 42.3 Å². The van der Waals surface area contributed by atoms with E-state index in [1.54, 1.807) is 42.5 Å². The van der Waals surface area contributed by atoms with Crippen LogP contribution in [-0.2, 0) is 6.42 Å². The van der Waals surface area contributed by atoms with E-state index in [1.807, 2.05) is 19.1 Å². The Morgan fingerprint density at radius 1 is 0.968 bits per heavy atom. The van der Waals surface area contributed by atoms with Gasteiger partial charge in [-0.05, 0) is 42.8 Å². The van der Waals surface area contributed by atoms with Crippen LogP contribution in [0.3, 0.4) is 0 Å². The van der Waals surface area contributed by atoms with Crippen LogP contribution in [-0.4, -0.2) is 21.0 Å². The fourth-order valence-electron chi connectivity index (χ4n) is 3.11. The fourth-order valence-corrected chi connectivity index (χ4v) is 3.36. The van der Waals surface area contributed by atoms with E-state index in [0.29, 0.717) is 33.4 Å². The molecule has 31 heavy (non-hydrogen) atoms. The van der Waals surface area contributed by atoms with Crippen LogP contribution in [0.15, 0.2) is 54.6 Å². The van der Waals surface area contributed by atoms with Gasteiger partial charge in [0.05, 0.1) is 17.1 Å². The second-order valence-electron chi connectivity index (χ2n) is 6.65. The number of fused-ring (bicyclic) bond motifs is 1. The van der Waals surface area contributed by atoms with Crippen LogP contribution in [0.4, 0.5) is 22.0 Å². The number of benzene rings is 2. The number of carboxylic acid groups (broad SMARTS) is 1. The van der Waals surface area contributed by atoms with Crippen molar-refractivity contribution in [1.82, 2.24) is 15.0 Å². The summed E-state index contributed by atoms with van der Waals surface area (Å²) in [5.41, 5.74) is 4.35. The number of aromatic nitrogens is 3. The summed E-state index contributed by atoms with van der Waals surface area (Å²) in [6.07, 6.45) is -0.833. The third-order valence-electron chi connectivity index (χ3n) is 4.52. The summed E-state index contributed by atoms with van der Waals surface area (Å²) in [6, 6.07) is 15.9. The van der Waals surface area contributed by atoms with Crippen LogP contribution < -0.4 is 15.7 Å². The van der Waals surface area contributed by atoms with Gasteiger partial charge in [0, 0.05) is 27.4 Å². The first-order chi connectivity index (χ1) is 14.9. The lowest BCUT2D eigenvalue weighted by atomic mass is 10.1. The molecule has 0 spiro atoms. The van der Waals surface area contributed by atoms with Gasteiger partial charge in [0.2, 0.25) is 0 Å². The lowest BCUT2D eigenvalue weighted by molar-refractivity contribution is -0.242. The molecule has 0 aliphatic heterocycles. The Morgan fingerprint density at radius 2 is 1.61 bits per heavy atom. The Morgan fingerprint density at radius 3 is 2.23 bits per heavy atom. The summed E-state index contributed by atoms with van der Waals surface area (Å²) < 4.78 is 0. The highest BCUT2D eigenvalue weighted by atomic mass is 35.5. The lowest BCUT2D eigenvalue weighted by Crippen LogP contribution is -2.29. The molecule has 0 saturated carbocycles. The molecule has 0 atom stereocenters. The minimum Gasteiger partial charge on any atom is -0.530 e. The van der Waals surface area contributed by atoms with Gasteiger partial charge in [-0.3, -0.25) is 0 Å². The summed E-state index contributed by atoms with van der Waals surface area (Å²) in [4.78, 5) is 24.9. The quantitative estimate of drug-likeness (QED) is 0.438. The topological polar surface area (TPSA) is 103 Å². The minimum atomic E-state index is -1.47. The number of hydrogen-bond acceptors (Lipinski definition) is 6. The maximum absolute atomic E-state index is 11.1. The van der Waals surface area contributed by atoms with Crippen molar-refractivity contribution in [2.45, 2.75) is 13.3 Å². The molecule has 4 aromatic rings. The highest BCUT2D eigenvalue weighted by Crippen LogP contribution is 2.31.